The molecule has 0 spiro atoms. The minimum Gasteiger partial charge on any atom is -0.458 e. The SMILES string of the molecule is CCCC(C)C(C)(C(=O)OC1(CC)C(C)CC2CCCC1C2)C(N)C(C)(C)CC. The van der Waals surface area contributed by atoms with Crippen LogP contribution in [0.3, 0.4) is 0 Å². The molecule has 7 atom stereocenters. The molecule has 2 saturated carbocycles. The fraction of sp³-hybridized carbons (Fsp3) is 0.962. The maximum atomic E-state index is 14.0. The normalized spacial score (nSPS) is 34.2. The zero-order valence-electron chi connectivity index (χ0n) is 20.6. The van der Waals surface area contributed by atoms with Gasteiger partial charge in [-0.3, -0.25) is 4.79 Å². The Morgan fingerprint density at radius 3 is 2.38 bits per heavy atom. The summed E-state index contributed by atoms with van der Waals surface area (Å²) in [5.41, 5.74) is 5.82. The smallest absolute Gasteiger partial charge is 0.314 e. The molecule has 0 aromatic rings. The van der Waals surface area contributed by atoms with E-state index >= 15 is 0 Å². The van der Waals surface area contributed by atoms with Crippen LogP contribution >= 0.6 is 0 Å². The fourth-order valence-corrected chi connectivity index (χ4v) is 6.63. The predicted molar refractivity (Wildman–Crippen MR) is 123 cm³/mol. The van der Waals surface area contributed by atoms with Gasteiger partial charge < -0.3 is 10.5 Å². The molecule has 0 radical (unpaired) electrons. The molecular weight excluding hydrogens is 358 g/mol. The lowest BCUT2D eigenvalue weighted by molar-refractivity contribution is -0.205. The Kier molecular flexibility index (Phi) is 7.91. The van der Waals surface area contributed by atoms with Gasteiger partial charge in [0.25, 0.3) is 0 Å². The molecule has 7 unspecified atom stereocenters. The van der Waals surface area contributed by atoms with Gasteiger partial charge in [0.1, 0.15) is 5.60 Å². The molecule has 2 N–H and O–H groups in total. The van der Waals surface area contributed by atoms with Crippen molar-refractivity contribution in [1.29, 1.82) is 0 Å². The lowest BCUT2D eigenvalue weighted by Gasteiger charge is -2.54. The first kappa shape index (κ1) is 24.7. The van der Waals surface area contributed by atoms with E-state index in [1.165, 1.54) is 32.1 Å². The summed E-state index contributed by atoms with van der Waals surface area (Å²) in [4.78, 5) is 14.0. The van der Waals surface area contributed by atoms with Crippen LogP contribution < -0.4 is 5.73 Å². The Morgan fingerprint density at radius 2 is 1.83 bits per heavy atom. The van der Waals surface area contributed by atoms with Crippen molar-refractivity contribution in [2.75, 3.05) is 0 Å². The zero-order valence-corrected chi connectivity index (χ0v) is 20.6. The van der Waals surface area contributed by atoms with E-state index in [9.17, 15) is 4.79 Å². The lowest BCUT2D eigenvalue weighted by Crippen LogP contribution is -2.60. The van der Waals surface area contributed by atoms with Gasteiger partial charge in [-0.1, -0.05) is 67.7 Å². The third-order valence-corrected chi connectivity index (χ3v) is 9.41. The molecule has 2 aliphatic carbocycles. The molecule has 2 bridgehead atoms. The van der Waals surface area contributed by atoms with E-state index in [2.05, 4.69) is 55.4 Å². The van der Waals surface area contributed by atoms with Gasteiger partial charge in [0.2, 0.25) is 0 Å². The van der Waals surface area contributed by atoms with E-state index in [-0.39, 0.29) is 28.9 Å². The predicted octanol–water partition coefficient (Wildman–Crippen LogP) is 6.73. The molecule has 0 saturated heterocycles. The summed E-state index contributed by atoms with van der Waals surface area (Å²) < 4.78 is 6.70. The molecule has 2 fully saturated rings. The van der Waals surface area contributed by atoms with E-state index in [4.69, 9.17) is 10.5 Å². The van der Waals surface area contributed by atoms with Crippen LogP contribution in [0.25, 0.3) is 0 Å². The molecule has 3 nitrogen and oxygen atoms in total. The maximum absolute atomic E-state index is 14.0. The van der Waals surface area contributed by atoms with Gasteiger partial charge in [-0.15, -0.1) is 0 Å². The minimum atomic E-state index is -0.664. The number of esters is 1. The molecule has 29 heavy (non-hydrogen) atoms. The van der Waals surface area contributed by atoms with Crippen molar-refractivity contribution >= 4 is 5.97 Å². The highest BCUT2D eigenvalue weighted by molar-refractivity contribution is 5.78. The Balaban J connectivity index is 2.39. The van der Waals surface area contributed by atoms with Crippen molar-refractivity contribution in [3.63, 3.8) is 0 Å². The summed E-state index contributed by atoms with van der Waals surface area (Å²) >= 11 is 0. The fourth-order valence-electron chi connectivity index (χ4n) is 6.63. The van der Waals surface area contributed by atoms with E-state index in [0.29, 0.717) is 11.8 Å². The number of hydrogen-bond donors (Lipinski definition) is 1. The van der Waals surface area contributed by atoms with Crippen molar-refractivity contribution in [3.05, 3.63) is 0 Å². The quantitative estimate of drug-likeness (QED) is 0.431. The van der Waals surface area contributed by atoms with Crippen molar-refractivity contribution < 1.29 is 9.53 Å². The average molecular weight is 408 g/mol. The number of hydrogen-bond acceptors (Lipinski definition) is 3. The Bertz CT molecular complexity index is 557. The highest BCUT2D eigenvalue weighted by Crippen LogP contribution is 2.53. The number of fused-ring (bicyclic) bond motifs is 2. The van der Waals surface area contributed by atoms with E-state index in [1.807, 2.05) is 0 Å². The second-order valence-electron chi connectivity index (χ2n) is 11.4. The number of rotatable bonds is 9. The van der Waals surface area contributed by atoms with Crippen LogP contribution in [0.15, 0.2) is 0 Å². The van der Waals surface area contributed by atoms with Crippen LogP contribution in [-0.2, 0) is 9.53 Å². The maximum Gasteiger partial charge on any atom is 0.314 e. The molecule has 2 aliphatic rings. The second kappa shape index (κ2) is 9.28. The Labute approximate surface area is 180 Å². The van der Waals surface area contributed by atoms with Crippen LogP contribution in [-0.4, -0.2) is 17.6 Å². The zero-order chi connectivity index (χ0) is 22.0. The second-order valence-corrected chi connectivity index (χ2v) is 11.4. The summed E-state index contributed by atoms with van der Waals surface area (Å²) in [6.45, 7) is 17.6. The van der Waals surface area contributed by atoms with Crippen LogP contribution in [0.2, 0.25) is 0 Å². The first-order valence-corrected chi connectivity index (χ1v) is 12.5. The van der Waals surface area contributed by atoms with Crippen molar-refractivity contribution in [2.45, 2.75) is 125 Å². The summed E-state index contributed by atoms with van der Waals surface area (Å²) in [6, 6.07) is -0.221. The van der Waals surface area contributed by atoms with E-state index < -0.39 is 5.41 Å². The van der Waals surface area contributed by atoms with E-state index in [1.54, 1.807) is 0 Å². The lowest BCUT2D eigenvalue weighted by atomic mass is 9.58. The summed E-state index contributed by atoms with van der Waals surface area (Å²) in [6.07, 6.45) is 10.2. The monoisotopic (exact) mass is 407 g/mol. The summed E-state index contributed by atoms with van der Waals surface area (Å²) in [5.74, 6) is 1.94. The van der Waals surface area contributed by atoms with Crippen LogP contribution in [0.1, 0.15) is 113 Å². The van der Waals surface area contributed by atoms with Gasteiger partial charge in [0, 0.05) is 6.04 Å². The third kappa shape index (κ3) is 4.41. The van der Waals surface area contributed by atoms with Crippen molar-refractivity contribution in [3.8, 4) is 0 Å². The van der Waals surface area contributed by atoms with Crippen LogP contribution in [0.4, 0.5) is 0 Å². The van der Waals surface area contributed by atoms with Crippen LogP contribution in [0, 0.1) is 34.5 Å². The van der Waals surface area contributed by atoms with Gasteiger partial charge >= 0.3 is 5.97 Å². The number of carbonyl (C=O) groups excluding carboxylic acids is 1. The molecule has 170 valence electrons. The Hall–Kier alpha value is -0.570. The molecular formula is C26H49NO2. The summed E-state index contributed by atoms with van der Waals surface area (Å²) in [7, 11) is 0. The summed E-state index contributed by atoms with van der Waals surface area (Å²) in [5, 5.41) is 0. The standard InChI is InChI=1S/C26H49NO2/c1-9-13-18(4)25(8,22(27)24(6,7)10-2)23(28)29-26(11-3)19(5)16-20-14-12-15-21(26)17-20/h18-22H,9-17,27H2,1-8H3. The van der Waals surface area contributed by atoms with Gasteiger partial charge in [-0.25, -0.2) is 0 Å². The van der Waals surface area contributed by atoms with Gasteiger partial charge in [0.05, 0.1) is 5.41 Å². The Morgan fingerprint density at radius 1 is 1.17 bits per heavy atom. The third-order valence-electron chi connectivity index (χ3n) is 9.41. The molecule has 0 aliphatic heterocycles. The first-order chi connectivity index (χ1) is 13.5. The topological polar surface area (TPSA) is 52.3 Å². The molecule has 0 aromatic carbocycles. The molecule has 2 rings (SSSR count). The van der Waals surface area contributed by atoms with Crippen molar-refractivity contribution in [2.24, 2.45) is 40.2 Å². The van der Waals surface area contributed by atoms with Gasteiger partial charge in [0.15, 0.2) is 0 Å². The molecule has 0 aromatic heterocycles. The number of nitrogens with two attached hydrogens (primary N) is 1. The average Bonchev–Trinajstić information content (AvgIpc) is 2.70. The highest BCUT2D eigenvalue weighted by atomic mass is 16.6. The first-order valence-electron chi connectivity index (χ1n) is 12.5. The van der Waals surface area contributed by atoms with Gasteiger partial charge in [-0.2, -0.15) is 0 Å². The highest BCUT2D eigenvalue weighted by Gasteiger charge is 2.56. The van der Waals surface area contributed by atoms with Crippen LogP contribution in [0.5, 0.6) is 0 Å². The number of ether oxygens (including phenoxy) is 1. The van der Waals surface area contributed by atoms with Crippen molar-refractivity contribution in [1.82, 2.24) is 0 Å². The molecule has 3 heteroatoms. The largest absolute Gasteiger partial charge is 0.458 e. The van der Waals surface area contributed by atoms with E-state index in [0.717, 1.165) is 31.6 Å². The minimum absolute atomic E-state index is 0.0369. The number of carbonyl (C=O) groups is 1. The molecule has 0 heterocycles. The molecule has 0 amide bonds. The van der Waals surface area contributed by atoms with Gasteiger partial charge in [-0.05, 0) is 74.5 Å².